The molecule has 0 bridgehead atoms. The molecule has 4 nitrogen and oxygen atoms in total. The van der Waals surface area contributed by atoms with E-state index in [0.29, 0.717) is 18.5 Å². The number of likely N-dealkylation sites (N-methyl/N-ethyl adjacent to an activating group) is 1. The zero-order valence-corrected chi connectivity index (χ0v) is 16.6. The van der Waals surface area contributed by atoms with E-state index in [4.69, 9.17) is 0 Å². The first-order valence-corrected chi connectivity index (χ1v) is 9.85. The van der Waals surface area contributed by atoms with Crippen molar-refractivity contribution in [3.63, 3.8) is 0 Å². The van der Waals surface area contributed by atoms with Crippen molar-refractivity contribution in [1.29, 1.82) is 0 Å². The van der Waals surface area contributed by atoms with E-state index in [9.17, 15) is 9.59 Å². The van der Waals surface area contributed by atoms with E-state index in [1.54, 1.807) is 6.92 Å². The fourth-order valence-corrected chi connectivity index (χ4v) is 4.88. The van der Waals surface area contributed by atoms with Gasteiger partial charge < -0.3 is 4.90 Å². The van der Waals surface area contributed by atoms with Gasteiger partial charge in [0.2, 0.25) is 0 Å². The molecule has 0 unspecified atom stereocenters. The van der Waals surface area contributed by atoms with E-state index in [-0.39, 0.29) is 11.7 Å². The van der Waals surface area contributed by atoms with Crippen LogP contribution in [0, 0.1) is 0 Å². The molecule has 0 fully saturated rings. The Labute approximate surface area is 170 Å². The Morgan fingerprint density at radius 3 is 2.52 bits per heavy atom. The maximum absolute atomic E-state index is 13.4. The average molecular weight is 382 g/mol. The topological polar surface area (TPSA) is 40.6 Å². The maximum atomic E-state index is 13.4. The van der Waals surface area contributed by atoms with Crippen molar-refractivity contribution >= 4 is 23.1 Å². The minimum atomic E-state index is -0.476. The summed E-state index contributed by atoms with van der Waals surface area (Å²) in [6.45, 7) is 2.25. The van der Waals surface area contributed by atoms with Crippen LogP contribution in [-0.4, -0.2) is 25.3 Å². The number of hydrogen-bond donors (Lipinski definition) is 0. The summed E-state index contributed by atoms with van der Waals surface area (Å²) < 4.78 is 0. The molecular formula is C25H22N2O2. The lowest BCUT2D eigenvalue weighted by Crippen LogP contribution is -2.49. The smallest absolute Gasteiger partial charge is 0.259 e. The second-order valence-corrected chi connectivity index (χ2v) is 7.99. The maximum Gasteiger partial charge on any atom is 0.259 e. The fourth-order valence-electron chi connectivity index (χ4n) is 4.88. The molecule has 3 aromatic carbocycles. The Morgan fingerprint density at radius 2 is 1.76 bits per heavy atom. The lowest BCUT2D eigenvalue weighted by molar-refractivity contribution is 0.0979. The van der Waals surface area contributed by atoms with E-state index in [0.717, 1.165) is 28.1 Å². The molecule has 5 rings (SSSR count). The molecule has 3 aromatic rings. The number of carbonyl (C=O) groups is 2. The number of benzene rings is 3. The van der Waals surface area contributed by atoms with Gasteiger partial charge in [-0.2, -0.15) is 0 Å². The van der Waals surface area contributed by atoms with Crippen LogP contribution in [0.3, 0.4) is 0 Å². The van der Waals surface area contributed by atoms with Crippen LogP contribution < -0.4 is 9.80 Å². The van der Waals surface area contributed by atoms with Gasteiger partial charge in [0, 0.05) is 42.5 Å². The van der Waals surface area contributed by atoms with Crippen LogP contribution in [0.15, 0.2) is 72.8 Å². The summed E-state index contributed by atoms with van der Waals surface area (Å²) in [4.78, 5) is 29.5. The predicted octanol–water partition coefficient (Wildman–Crippen LogP) is 4.44. The van der Waals surface area contributed by atoms with Crippen LogP contribution in [0.1, 0.15) is 38.8 Å². The number of anilines is 2. The fraction of sp³-hybridized carbons (Fsp3) is 0.200. The summed E-state index contributed by atoms with van der Waals surface area (Å²) in [5.74, 6) is 0.0819. The highest BCUT2D eigenvalue weighted by Gasteiger charge is 2.55. The SMILES string of the molecule is CC(=O)c1ccc2c(c1)C[C@]1(CN(C)c3ccccc3)c3ccccc3C(=O)N21. The van der Waals surface area contributed by atoms with E-state index in [1.807, 2.05) is 59.5 Å². The standard InChI is InChI=1S/C25H22N2O2/c1-17(28)18-12-13-23-19(14-18)15-25(16-26(2)20-8-4-3-5-9-20)22-11-7-6-10-21(22)24(29)27(23)25/h3-14H,15-16H2,1-2H3/t25-/m0/s1. The van der Waals surface area contributed by atoms with Crippen molar-refractivity contribution in [2.75, 3.05) is 23.4 Å². The van der Waals surface area contributed by atoms with Crippen LogP contribution in [0.25, 0.3) is 0 Å². The Hall–Kier alpha value is -3.40. The van der Waals surface area contributed by atoms with Gasteiger partial charge in [0.25, 0.3) is 5.91 Å². The van der Waals surface area contributed by atoms with Gasteiger partial charge in [-0.3, -0.25) is 14.5 Å². The van der Waals surface area contributed by atoms with Crippen molar-refractivity contribution in [2.24, 2.45) is 0 Å². The lowest BCUT2D eigenvalue weighted by atomic mass is 9.85. The molecule has 4 heteroatoms. The molecule has 29 heavy (non-hydrogen) atoms. The minimum absolute atomic E-state index is 0.0383. The van der Waals surface area contributed by atoms with Gasteiger partial charge in [-0.15, -0.1) is 0 Å². The van der Waals surface area contributed by atoms with Crippen molar-refractivity contribution < 1.29 is 9.59 Å². The molecule has 2 aliphatic rings. The number of ketones is 1. The first-order valence-electron chi connectivity index (χ1n) is 9.85. The van der Waals surface area contributed by atoms with Crippen LogP contribution in [-0.2, 0) is 12.0 Å². The number of para-hydroxylation sites is 1. The van der Waals surface area contributed by atoms with Gasteiger partial charge in [-0.1, -0.05) is 36.4 Å². The molecule has 0 spiro atoms. The summed E-state index contributed by atoms with van der Waals surface area (Å²) in [6, 6.07) is 23.9. The Morgan fingerprint density at radius 1 is 1.03 bits per heavy atom. The third-order valence-electron chi connectivity index (χ3n) is 6.20. The van der Waals surface area contributed by atoms with Crippen LogP contribution in [0.4, 0.5) is 11.4 Å². The number of amides is 1. The van der Waals surface area contributed by atoms with Gasteiger partial charge in [-0.25, -0.2) is 0 Å². The van der Waals surface area contributed by atoms with Crippen molar-refractivity contribution in [3.05, 3.63) is 95.1 Å². The first-order chi connectivity index (χ1) is 14.0. The van der Waals surface area contributed by atoms with E-state index >= 15 is 0 Å². The molecule has 144 valence electrons. The summed E-state index contributed by atoms with van der Waals surface area (Å²) in [5, 5.41) is 0. The zero-order chi connectivity index (χ0) is 20.2. The quantitative estimate of drug-likeness (QED) is 0.627. The number of Topliss-reactive ketones (excluding diaryl/α,β-unsaturated/α-hetero) is 1. The third-order valence-corrected chi connectivity index (χ3v) is 6.20. The van der Waals surface area contributed by atoms with Gasteiger partial charge in [0.1, 0.15) is 0 Å². The minimum Gasteiger partial charge on any atom is -0.372 e. The second-order valence-electron chi connectivity index (χ2n) is 7.99. The average Bonchev–Trinajstić information content (AvgIpc) is 3.18. The van der Waals surface area contributed by atoms with Crippen LogP contribution in [0.2, 0.25) is 0 Å². The number of hydrogen-bond acceptors (Lipinski definition) is 3. The summed E-state index contributed by atoms with van der Waals surface area (Å²) in [5.41, 5.74) is 5.13. The number of nitrogens with zero attached hydrogens (tertiary/aromatic N) is 2. The number of rotatable bonds is 4. The number of fused-ring (bicyclic) bond motifs is 5. The van der Waals surface area contributed by atoms with Crippen molar-refractivity contribution in [3.8, 4) is 0 Å². The molecule has 0 saturated carbocycles. The van der Waals surface area contributed by atoms with E-state index in [1.165, 1.54) is 0 Å². The summed E-state index contributed by atoms with van der Waals surface area (Å²) >= 11 is 0. The zero-order valence-electron chi connectivity index (χ0n) is 16.6. The molecule has 0 saturated heterocycles. The normalized spacial score (nSPS) is 19.0. The molecule has 0 aliphatic carbocycles. The first kappa shape index (κ1) is 17.7. The Bertz CT molecular complexity index is 1140. The molecule has 2 aliphatic heterocycles. The molecule has 0 radical (unpaired) electrons. The van der Waals surface area contributed by atoms with Gasteiger partial charge in [-0.05, 0) is 54.4 Å². The summed E-state index contributed by atoms with van der Waals surface area (Å²) in [6.07, 6.45) is 0.698. The van der Waals surface area contributed by atoms with Crippen LogP contribution in [0.5, 0.6) is 0 Å². The molecule has 0 N–H and O–H groups in total. The highest BCUT2D eigenvalue weighted by atomic mass is 16.2. The Balaban J connectivity index is 1.65. The lowest BCUT2D eigenvalue weighted by Gasteiger charge is -2.37. The van der Waals surface area contributed by atoms with E-state index < -0.39 is 5.54 Å². The highest BCUT2D eigenvalue weighted by molar-refractivity contribution is 6.14. The third kappa shape index (κ3) is 2.52. The molecule has 1 amide bonds. The van der Waals surface area contributed by atoms with Crippen LogP contribution >= 0.6 is 0 Å². The predicted molar refractivity (Wildman–Crippen MR) is 115 cm³/mol. The summed E-state index contributed by atoms with van der Waals surface area (Å²) in [7, 11) is 2.07. The van der Waals surface area contributed by atoms with Gasteiger partial charge >= 0.3 is 0 Å². The van der Waals surface area contributed by atoms with Gasteiger partial charge in [0.05, 0.1) is 5.54 Å². The second kappa shape index (κ2) is 6.31. The van der Waals surface area contributed by atoms with E-state index in [2.05, 4.69) is 30.1 Å². The Kier molecular flexibility index (Phi) is 3.85. The highest BCUT2D eigenvalue weighted by Crippen LogP contribution is 2.51. The molecular weight excluding hydrogens is 360 g/mol. The van der Waals surface area contributed by atoms with Gasteiger partial charge in [0.15, 0.2) is 5.78 Å². The number of carbonyl (C=O) groups excluding carboxylic acids is 2. The monoisotopic (exact) mass is 382 g/mol. The molecule has 1 atom stereocenters. The van der Waals surface area contributed by atoms with Crippen molar-refractivity contribution in [2.45, 2.75) is 18.9 Å². The largest absolute Gasteiger partial charge is 0.372 e. The molecule has 0 aromatic heterocycles. The molecule has 2 heterocycles. The van der Waals surface area contributed by atoms with Crippen molar-refractivity contribution in [1.82, 2.24) is 0 Å².